The second-order valence-electron chi connectivity index (χ2n) is 9.32. The molecular weight excluding hydrogens is 430 g/mol. The van der Waals surface area contributed by atoms with Gasteiger partial charge >= 0.3 is 6.09 Å². The van der Waals surface area contributed by atoms with Crippen LogP contribution in [0.3, 0.4) is 0 Å². The van der Waals surface area contributed by atoms with Crippen LogP contribution in [0.4, 0.5) is 10.5 Å². The van der Waals surface area contributed by atoms with E-state index in [1.54, 1.807) is 0 Å². The van der Waals surface area contributed by atoms with Gasteiger partial charge in [0, 0.05) is 37.6 Å². The number of para-hydroxylation sites is 1. The molecule has 178 valence electrons. The maximum absolute atomic E-state index is 10.7. The van der Waals surface area contributed by atoms with Crippen LogP contribution in [0.2, 0.25) is 0 Å². The molecule has 5 rings (SSSR count). The lowest BCUT2D eigenvalue weighted by Gasteiger charge is -2.37. The predicted molar refractivity (Wildman–Crippen MR) is 126 cm³/mol. The lowest BCUT2D eigenvalue weighted by atomic mass is 9.84. The molecule has 2 aliphatic carbocycles. The van der Waals surface area contributed by atoms with Gasteiger partial charge in [0.2, 0.25) is 6.79 Å². The summed E-state index contributed by atoms with van der Waals surface area (Å²) in [7, 11) is 0. The van der Waals surface area contributed by atoms with Crippen LogP contribution in [0.5, 0.6) is 11.5 Å². The standard InChI is InChI=1S/C20H29N3O4.C4H7Cl/c24-20(25)21-16-6-4-15(5-7-16)8-9-22-10-12-23(13-11-22)17-2-1-3-18-19(17)27-14-26-18;5-4-2-1-3-4/h1-3,15-16,21H,4-14H2,(H,24,25);4H,1-3H2. The Labute approximate surface area is 196 Å². The number of alkyl halides is 1. The first-order valence-corrected chi connectivity index (χ1v) is 12.5. The van der Waals surface area contributed by atoms with Crippen molar-refractivity contribution >= 4 is 23.4 Å². The van der Waals surface area contributed by atoms with Crippen LogP contribution >= 0.6 is 11.6 Å². The molecule has 0 spiro atoms. The molecule has 2 aliphatic heterocycles. The van der Waals surface area contributed by atoms with E-state index in [2.05, 4.69) is 21.2 Å². The first-order chi connectivity index (χ1) is 15.6. The zero-order valence-electron chi connectivity index (χ0n) is 18.8. The van der Waals surface area contributed by atoms with E-state index in [4.69, 9.17) is 26.2 Å². The van der Waals surface area contributed by atoms with Crippen molar-refractivity contribution in [2.75, 3.05) is 44.4 Å². The molecule has 0 unspecified atom stereocenters. The van der Waals surface area contributed by atoms with E-state index in [1.165, 1.54) is 25.7 Å². The number of rotatable bonds is 5. The number of hydrogen-bond donors (Lipinski definition) is 2. The number of nitrogens with zero attached hydrogens (tertiary/aromatic N) is 2. The molecule has 0 bridgehead atoms. The Morgan fingerprint density at radius 3 is 2.41 bits per heavy atom. The van der Waals surface area contributed by atoms with Crippen molar-refractivity contribution < 1.29 is 19.4 Å². The highest BCUT2D eigenvalue weighted by molar-refractivity contribution is 6.21. The van der Waals surface area contributed by atoms with Gasteiger partial charge in [0.25, 0.3) is 0 Å². The Bertz CT molecular complexity index is 745. The van der Waals surface area contributed by atoms with E-state index >= 15 is 0 Å². The van der Waals surface area contributed by atoms with Crippen molar-refractivity contribution in [2.24, 2.45) is 5.92 Å². The number of nitrogens with one attached hydrogen (secondary N) is 1. The maximum Gasteiger partial charge on any atom is 0.404 e. The number of ether oxygens (including phenoxy) is 2. The second kappa shape index (κ2) is 11.3. The van der Waals surface area contributed by atoms with Crippen LogP contribution < -0.4 is 19.7 Å². The minimum absolute atomic E-state index is 0.154. The molecule has 8 heteroatoms. The van der Waals surface area contributed by atoms with Gasteiger partial charge < -0.3 is 24.8 Å². The Hall–Kier alpha value is -1.86. The van der Waals surface area contributed by atoms with Gasteiger partial charge in [-0.25, -0.2) is 4.79 Å². The molecule has 32 heavy (non-hydrogen) atoms. The monoisotopic (exact) mass is 465 g/mol. The average Bonchev–Trinajstić information content (AvgIpc) is 3.27. The predicted octanol–water partition coefficient (Wildman–Crippen LogP) is 4.53. The molecule has 7 nitrogen and oxygen atoms in total. The summed E-state index contributed by atoms with van der Waals surface area (Å²) in [6, 6.07) is 6.27. The number of halogens is 1. The number of carbonyl (C=O) groups is 1. The Balaban J connectivity index is 0.000000433. The minimum atomic E-state index is -0.891. The molecule has 2 saturated carbocycles. The summed E-state index contributed by atoms with van der Waals surface area (Å²) in [4.78, 5) is 15.7. The molecule has 2 heterocycles. The molecule has 1 saturated heterocycles. The molecule has 4 aliphatic rings. The van der Waals surface area contributed by atoms with Gasteiger partial charge in [-0.2, -0.15) is 0 Å². The molecule has 1 aromatic rings. The number of piperazine rings is 1. The number of hydrogen-bond acceptors (Lipinski definition) is 5. The molecule has 0 atom stereocenters. The number of fused-ring (bicyclic) bond motifs is 1. The Kier molecular flexibility index (Phi) is 8.25. The summed E-state index contributed by atoms with van der Waals surface area (Å²) in [5.41, 5.74) is 1.15. The van der Waals surface area contributed by atoms with Crippen molar-refractivity contribution in [3.8, 4) is 11.5 Å². The van der Waals surface area contributed by atoms with Crippen molar-refractivity contribution in [2.45, 2.75) is 62.8 Å². The summed E-state index contributed by atoms with van der Waals surface area (Å²) < 4.78 is 11.1. The molecule has 2 N–H and O–H groups in total. The van der Waals surface area contributed by atoms with Crippen molar-refractivity contribution in [1.82, 2.24) is 10.2 Å². The van der Waals surface area contributed by atoms with E-state index in [9.17, 15) is 4.79 Å². The second-order valence-corrected chi connectivity index (χ2v) is 9.94. The third kappa shape index (κ3) is 6.35. The third-order valence-corrected chi connectivity index (χ3v) is 7.59. The topological polar surface area (TPSA) is 74.3 Å². The summed E-state index contributed by atoms with van der Waals surface area (Å²) >= 11 is 5.55. The van der Waals surface area contributed by atoms with Gasteiger partial charge in [-0.1, -0.05) is 12.5 Å². The van der Waals surface area contributed by atoms with E-state index in [1.807, 2.05) is 12.1 Å². The van der Waals surface area contributed by atoms with Gasteiger partial charge in [0.15, 0.2) is 11.5 Å². The zero-order valence-corrected chi connectivity index (χ0v) is 19.6. The molecule has 3 fully saturated rings. The number of carboxylic acid groups (broad SMARTS) is 1. The molecular formula is C24H36ClN3O4. The highest BCUT2D eigenvalue weighted by atomic mass is 35.5. The highest BCUT2D eigenvalue weighted by Gasteiger charge is 2.26. The van der Waals surface area contributed by atoms with Crippen LogP contribution in [0.15, 0.2) is 18.2 Å². The van der Waals surface area contributed by atoms with Crippen LogP contribution in [0, 0.1) is 5.92 Å². The van der Waals surface area contributed by atoms with E-state index in [-0.39, 0.29) is 6.04 Å². The highest BCUT2D eigenvalue weighted by Crippen LogP contribution is 2.41. The normalized spacial score (nSPS) is 25.5. The first-order valence-electron chi connectivity index (χ1n) is 12.1. The fraction of sp³-hybridized carbons (Fsp3) is 0.708. The van der Waals surface area contributed by atoms with E-state index in [0.717, 1.165) is 81.5 Å². The van der Waals surface area contributed by atoms with E-state index in [0.29, 0.717) is 12.2 Å². The summed E-state index contributed by atoms with van der Waals surface area (Å²) in [5.74, 6) is 2.47. The smallest absolute Gasteiger partial charge is 0.404 e. The summed E-state index contributed by atoms with van der Waals surface area (Å²) in [6.07, 6.45) is 8.42. The van der Waals surface area contributed by atoms with Crippen LogP contribution in [-0.4, -0.2) is 67.0 Å². The maximum atomic E-state index is 10.7. The lowest BCUT2D eigenvalue weighted by molar-refractivity contribution is 0.173. The minimum Gasteiger partial charge on any atom is -0.465 e. The van der Waals surface area contributed by atoms with Gasteiger partial charge in [0.05, 0.1) is 5.69 Å². The van der Waals surface area contributed by atoms with Crippen molar-refractivity contribution in [3.05, 3.63) is 18.2 Å². The molecule has 1 aromatic carbocycles. The van der Waals surface area contributed by atoms with Crippen LogP contribution in [0.1, 0.15) is 51.4 Å². The van der Waals surface area contributed by atoms with Gasteiger partial charge in [-0.05, 0) is 69.5 Å². The summed E-state index contributed by atoms with van der Waals surface area (Å²) in [6.45, 7) is 5.61. The van der Waals surface area contributed by atoms with Gasteiger partial charge in [-0.3, -0.25) is 4.90 Å². The Morgan fingerprint density at radius 1 is 1.06 bits per heavy atom. The fourth-order valence-electron chi connectivity index (χ4n) is 4.87. The van der Waals surface area contributed by atoms with Crippen LogP contribution in [0.25, 0.3) is 0 Å². The number of amides is 1. The quantitative estimate of drug-likeness (QED) is 0.622. The van der Waals surface area contributed by atoms with Gasteiger partial charge in [0.1, 0.15) is 0 Å². The SMILES string of the molecule is ClC1CCC1.O=C(O)NC1CCC(CCN2CCN(c3cccc4c3OCO4)CC2)CC1. The van der Waals surface area contributed by atoms with E-state index < -0.39 is 6.09 Å². The first kappa shape index (κ1) is 23.3. The van der Waals surface area contributed by atoms with Gasteiger partial charge in [-0.15, -0.1) is 11.6 Å². The molecule has 0 aromatic heterocycles. The number of anilines is 1. The third-order valence-electron chi connectivity index (χ3n) is 7.15. The molecule has 1 amide bonds. The van der Waals surface area contributed by atoms with Crippen molar-refractivity contribution in [1.29, 1.82) is 0 Å². The molecule has 0 radical (unpaired) electrons. The zero-order chi connectivity index (χ0) is 22.3. The Morgan fingerprint density at radius 2 is 1.78 bits per heavy atom. The van der Waals surface area contributed by atoms with Crippen LogP contribution in [-0.2, 0) is 0 Å². The number of benzene rings is 1. The van der Waals surface area contributed by atoms with Crippen molar-refractivity contribution in [3.63, 3.8) is 0 Å². The summed E-state index contributed by atoms with van der Waals surface area (Å²) in [5, 5.41) is 12.0. The largest absolute Gasteiger partial charge is 0.465 e. The fourth-order valence-corrected chi connectivity index (χ4v) is 5.18. The average molecular weight is 466 g/mol. The lowest BCUT2D eigenvalue weighted by Crippen LogP contribution is -2.47.